The Kier molecular flexibility index (Phi) is 5.23. The zero-order chi connectivity index (χ0) is 22.4. The van der Waals surface area contributed by atoms with Crippen molar-refractivity contribution in [1.29, 1.82) is 0 Å². The number of carbonyl (C=O) groups is 2. The fourth-order valence-electron chi connectivity index (χ4n) is 5.31. The first-order chi connectivity index (χ1) is 15.4. The minimum atomic E-state index is -0.912. The molecule has 1 N–H and O–H groups in total. The lowest BCUT2D eigenvalue weighted by molar-refractivity contribution is -0.139. The first-order valence-electron chi connectivity index (χ1n) is 11.3. The van der Waals surface area contributed by atoms with Crippen molar-refractivity contribution in [3.63, 3.8) is 0 Å². The summed E-state index contributed by atoms with van der Waals surface area (Å²) in [5, 5.41) is 10.8. The largest absolute Gasteiger partial charge is 0.480 e. The van der Waals surface area contributed by atoms with Crippen molar-refractivity contribution in [2.75, 3.05) is 18.5 Å². The van der Waals surface area contributed by atoms with Crippen LogP contribution < -0.4 is 4.90 Å². The van der Waals surface area contributed by atoms with Crippen molar-refractivity contribution in [2.24, 2.45) is 5.92 Å². The van der Waals surface area contributed by atoms with Gasteiger partial charge < -0.3 is 19.3 Å². The predicted octanol–water partition coefficient (Wildman–Crippen LogP) is 3.76. The summed E-state index contributed by atoms with van der Waals surface area (Å²) in [6.07, 6.45) is 5.20. The van der Waals surface area contributed by atoms with Crippen LogP contribution in [0.15, 0.2) is 28.7 Å². The number of hydrogen-bond acceptors (Lipinski definition) is 6. The average molecular weight is 437 g/mol. The number of nitrogens with zero attached hydrogens (tertiary/aromatic N) is 4. The first-order valence-corrected chi connectivity index (χ1v) is 11.3. The fourth-order valence-corrected chi connectivity index (χ4v) is 5.31. The van der Waals surface area contributed by atoms with Crippen molar-refractivity contribution in [3.05, 3.63) is 30.1 Å². The molecule has 2 aliphatic rings. The van der Waals surface area contributed by atoms with E-state index >= 15 is 0 Å². The quantitative estimate of drug-likeness (QED) is 0.650. The van der Waals surface area contributed by atoms with E-state index in [9.17, 15) is 14.7 Å². The van der Waals surface area contributed by atoms with E-state index in [0.717, 1.165) is 18.2 Å². The highest BCUT2D eigenvalue weighted by Crippen LogP contribution is 2.38. The molecule has 0 radical (unpaired) electrons. The maximum atomic E-state index is 12.9. The van der Waals surface area contributed by atoms with E-state index in [1.807, 2.05) is 36.2 Å². The number of aromatic nitrogens is 2. The van der Waals surface area contributed by atoms with Crippen LogP contribution in [0.25, 0.3) is 22.1 Å². The number of furan rings is 1. The number of aliphatic carboxylic acids is 1. The predicted molar refractivity (Wildman–Crippen MR) is 121 cm³/mol. The molecule has 2 aromatic heterocycles. The van der Waals surface area contributed by atoms with Gasteiger partial charge in [-0.3, -0.25) is 4.79 Å². The van der Waals surface area contributed by atoms with E-state index in [1.54, 1.807) is 11.8 Å². The number of benzene rings is 1. The van der Waals surface area contributed by atoms with Gasteiger partial charge in [0.15, 0.2) is 11.4 Å². The number of carbonyl (C=O) groups excluding carboxylic acids is 1. The lowest BCUT2D eigenvalue weighted by Crippen LogP contribution is -2.37. The van der Waals surface area contributed by atoms with E-state index in [0.29, 0.717) is 53.8 Å². The van der Waals surface area contributed by atoms with Gasteiger partial charge >= 0.3 is 5.97 Å². The highest BCUT2D eigenvalue weighted by atomic mass is 16.4. The van der Waals surface area contributed by atoms with Crippen molar-refractivity contribution < 1.29 is 19.1 Å². The number of fused-ring (bicyclic) bond motifs is 3. The molecule has 5 rings (SSSR count). The Morgan fingerprint density at radius 2 is 1.97 bits per heavy atom. The third-order valence-corrected chi connectivity index (χ3v) is 6.99. The number of rotatable bonds is 5. The molecule has 1 aromatic carbocycles. The van der Waals surface area contributed by atoms with Crippen LogP contribution in [0.1, 0.15) is 44.3 Å². The zero-order valence-corrected chi connectivity index (χ0v) is 18.5. The maximum Gasteiger partial charge on any atom is 0.326 e. The molecule has 0 unspecified atom stereocenters. The molecule has 1 aliphatic carbocycles. The molecular weight excluding hydrogens is 408 g/mol. The summed E-state index contributed by atoms with van der Waals surface area (Å²) in [7, 11) is 1.88. The molecule has 3 heterocycles. The van der Waals surface area contributed by atoms with Crippen LogP contribution in [0.5, 0.6) is 0 Å². The number of amides is 1. The van der Waals surface area contributed by atoms with Gasteiger partial charge in [0.1, 0.15) is 23.0 Å². The zero-order valence-electron chi connectivity index (χ0n) is 18.5. The molecule has 8 heteroatoms. The second-order valence-corrected chi connectivity index (χ2v) is 9.13. The van der Waals surface area contributed by atoms with Crippen molar-refractivity contribution in [1.82, 2.24) is 14.9 Å². The standard InChI is InChI=1S/C24H28N4O4/c1-14-25-21-17-9-5-6-10-19(17)32-22(21)23(26-14)28-13-15(11-18(28)24(30)31)12-20(29)27(2)16-7-3-4-8-16/h5-6,9-10,15-16,18H,3-4,7-8,11-13H2,1-2H3,(H,30,31)/t15-,18+/m1/s1. The smallest absolute Gasteiger partial charge is 0.326 e. The number of carboxylic acids is 1. The number of hydrogen-bond donors (Lipinski definition) is 1. The van der Waals surface area contributed by atoms with Crippen LogP contribution in [-0.2, 0) is 9.59 Å². The molecule has 1 saturated heterocycles. The third kappa shape index (κ3) is 3.57. The number of aryl methyl sites for hydroxylation is 1. The molecule has 1 saturated carbocycles. The Labute approximate surface area is 186 Å². The minimum Gasteiger partial charge on any atom is -0.480 e. The second kappa shape index (κ2) is 8.07. The summed E-state index contributed by atoms with van der Waals surface area (Å²) in [4.78, 5) is 37.9. The molecule has 0 spiro atoms. The summed E-state index contributed by atoms with van der Waals surface area (Å²) < 4.78 is 6.07. The normalized spacial score (nSPS) is 21.6. The van der Waals surface area contributed by atoms with Gasteiger partial charge in [0.2, 0.25) is 5.91 Å². The summed E-state index contributed by atoms with van der Waals surface area (Å²) in [5.74, 6) is 0.186. The fraction of sp³-hybridized carbons (Fsp3) is 0.500. The van der Waals surface area contributed by atoms with Gasteiger partial charge in [-0.25, -0.2) is 14.8 Å². The first kappa shape index (κ1) is 20.7. The number of carboxylic acid groups (broad SMARTS) is 1. The lowest BCUT2D eigenvalue weighted by Gasteiger charge is -2.25. The van der Waals surface area contributed by atoms with Crippen LogP contribution in [0.4, 0.5) is 5.82 Å². The van der Waals surface area contributed by atoms with Gasteiger partial charge in [-0.05, 0) is 44.2 Å². The Morgan fingerprint density at radius 1 is 1.22 bits per heavy atom. The minimum absolute atomic E-state index is 0.0536. The van der Waals surface area contributed by atoms with Gasteiger partial charge in [-0.15, -0.1) is 0 Å². The summed E-state index contributed by atoms with van der Waals surface area (Å²) in [6, 6.07) is 7.19. The van der Waals surface area contributed by atoms with Gasteiger partial charge in [-0.1, -0.05) is 25.0 Å². The van der Waals surface area contributed by atoms with E-state index in [-0.39, 0.29) is 11.8 Å². The van der Waals surface area contributed by atoms with Gasteiger partial charge in [0, 0.05) is 31.4 Å². The van der Waals surface area contributed by atoms with Crippen molar-refractivity contribution in [3.8, 4) is 0 Å². The second-order valence-electron chi connectivity index (χ2n) is 9.13. The van der Waals surface area contributed by atoms with Crippen LogP contribution in [-0.4, -0.2) is 57.5 Å². The van der Waals surface area contributed by atoms with Gasteiger partial charge in [-0.2, -0.15) is 0 Å². The summed E-state index contributed by atoms with van der Waals surface area (Å²) >= 11 is 0. The van der Waals surface area contributed by atoms with Crippen molar-refractivity contribution >= 4 is 39.8 Å². The molecule has 168 valence electrons. The molecule has 32 heavy (non-hydrogen) atoms. The lowest BCUT2D eigenvalue weighted by atomic mass is 10.0. The van der Waals surface area contributed by atoms with Crippen LogP contribution in [0.3, 0.4) is 0 Å². The SMILES string of the molecule is Cc1nc(N2C[C@@H](CC(=O)N(C)C3CCCC3)C[C@H]2C(=O)O)c2oc3ccccc3c2n1. The van der Waals surface area contributed by atoms with Gasteiger partial charge in [0.05, 0.1) is 0 Å². The molecular formula is C24H28N4O4. The molecule has 1 amide bonds. The highest BCUT2D eigenvalue weighted by molar-refractivity contribution is 6.06. The Bertz CT molecular complexity index is 1180. The van der Waals surface area contributed by atoms with Crippen LogP contribution in [0, 0.1) is 12.8 Å². The van der Waals surface area contributed by atoms with Crippen LogP contribution >= 0.6 is 0 Å². The Morgan fingerprint density at radius 3 is 2.72 bits per heavy atom. The average Bonchev–Trinajstić information content (AvgIpc) is 3.51. The van der Waals surface area contributed by atoms with Gasteiger partial charge in [0.25, 0.3) is 0 Å². The topological polar surface area (TPSA) is 99.8 Å². The van der Waals surface area contributed by atoms with Crippen molar-refractivity contribution in [2.45, 2.75) is 57.5 Å². The highest BCUT2D eigenvalue weighted by Gasteiger charge is 2.40. The maximum absolute atomic E-state index is 12.9. The molecule has 1 aliphatic heterocycles. The van der Waals surface area contributed by atoms with E-state index in [4.69, 9.17) is 4.42 Å². The summed E-state index contributed by atoms with van der Waals surface area (Å²) in [6.45, 7) is 2.25. The number of para-hydroxylation sites is 1. The molecule has 2 fully saturated rings. The van der Waals surface area contributed by atoms with E-state index < -0.39 is 12.0 Å². The molecule has 3 aromatic rings. The monoisotopic (exact) mass is 436 g/mol. The molecule has 2 atom stereocenters. The Balaban J connectivity index is 1.45. The van der Waals surface area contributed by atoms with E-state index in [2.05, 4.69) is 9.97 Å². The molecule has 8 nitrogen and oxygen atoms in total. The number of anilines is 1. The van der Waals surface area contributed by atoms with Crippen LogP contribution in [0.2, 0.25) is 0 Å². The third-order valence-electron chi connectivity index (χ3n) is 6.99. The Hall–Kier alpha value is -3.16. The van der Waals surface area contributed by atoms with E-state index in [1.165, 1.54) is 12.8 Å². The molecule has 0 bridgehead atoms. The summed E-state index contributed by atoms with van der Waals surface area (Å²) in [5.41, 5.74) is 1.88.